The Hall–Kier alpha value is -1.16. The molecule has 1 unspecified atom stereocenters. The number of benzene rings is 1. The molecule has 10 heteroatoms. The molecule has 0 heterocycles. The summed E-state index contributed by atoms with van der Waals surface area (Å²) in [5.41, 5.74) is 0. The van der Waals surface area contributed by atoms with Crippen LogP contribution in [0.1, 0.15) is 13.3 Å². The van der Waals surface area contributed by atoms with Crippen molar-refractivity contribution in [3.8, 4) is 0 Å². The number of sulfonamides is 1. The Morgan fingerprint density at radius 1 is 1.33 bits per heavy atom. The van der Waals surface area contributed by atoms with Crippen molar-refractivity contribution in [1.82, 2.24) is 4.72 Å². The van der Waals surface area contributed by atoms with E-state index in [1.165, 1.54) is 13.0 Å². The van der Waals surface area contributed by atoms with Gasteiger partial charge in [-0.25, -0.2) is 21.6 Å². The third kappa shape index (κ3) is 4.95. The zero-order chi connectivity index (χ0) is 16.4. The molecule has 1 aromatic rings. The van der Waals surface area contributed by atoms with Crippen LogP contribution in [0.15, 0.2) is 28.0 Å². The normalized spacial score (nSPS) is 13.9. The average molecular weight is 356 g/mol. The minimum atomic E-state index is -4.13. The SMILES string of the molecule is CC(CC(=O)O)NS(=O)(=O)c1cc(S(C)(=O)=O)ccc1Cl. The van der Waals surface area contributed by atoms with E-state index in [1.54, 1.807) is 0 Å². The van der Waals surface area contributed by atoms with Crippen LogP contribution in [-0.4, -0.2) is 40.2 Å². The van der Waals surface area contributed by atoms with Gasteiger partial charge in [-0.1, -0.05) is 11.6 Å². The van der Waals surface area contributed by atoms with Gasteiger partial charge in [0.1, 0.15) is 4.90 Å². The molecule has 2 N–H and O–H groups in total. The first kappa shape index (κ1) is 17.9. The van der Waals surface area contributed by atoms with E-state index in [9.17, 15) is 21.6 Å². The standard InChI is InChI=1S/C11H14ClNO6S2/c1-7(5-11(14)15)13-21(18,19)10-6-8(20(2,16)17)3-4-9(10)12/h3-4,6-7,13H,5H2,1-2H3,(H,14,15). The number of sulfone groups is 1. The Morgan fingerprint density at radius 3 is 2.38 bits per heavy atom. The lowest BCUT2D eigenvalue weighted by Crippen LogP contribution is -2.34. The van der Waals surface area contributed by atoms with Crippen molar-refractivity contribution in [1.29, 1.82) is 0 Å². The molecule has 0 saturated heterocycles. The average Bonchev–Trinajstić information content (AvgIpc) is 2.25. The molecule has 0 aliphatic rings. The Labute approximate surface area is 127 Å². The summed E-state index contributed by atoms with van der Waals surface area (Å²) in [6, 6.07) is 2.42. The van der Waals surface area contributed by atoms with Crippen molar-refractivity contribution in [3.05, 3.63) is 23.2 Å². The number of aliphatic carboxylic acids is 1. The Bertz CT molecular complexity index is 757. The number of hydrogen-bond acceptors (Lipinski definition) is 5. The van der Waals surface area contributed by atoms with E-state index < -0.39 is 43.2 Å². The van der Waals surface area contributed by atoms with Gasteiger partial charge < -0.3 is 5.11 Å². The summed E-state index contributed by atoms with van der Waals surface area (Å²) < 4.78 is 49.3. The van der Waals surface area contributed by atoms with E-state index in [2.05, 4.69) is 4.72 Å². The molecular formula is C11H14ClNO6S2. The molecule has 0 amide bonds. The Morgan fingerprint density at radius 2 is 1.90 bits per heavy atom. The number of carboxylic acids is 1. The summed E-state index contributed by atoms with van der Waals surface area (Å²) in [7, 11) is -7.72. The molecule has 21 heavy (non-hydrogen) atoms. The number of halogens is 1. The molecular weight excluding hydrogens is 342 g/mol. The first-order valence-corrected chi connectivity index (χ1v) is 9.42. The number of nitrogens with one attached hydrogen (secondary N) is 1. The van der Waals surface area contributed by atoms with E-state index in [-0.39, 0.29) is 9.92 Å². The minimum absolute atomic E-state index is 0.155. The molecule has 7 nitrogen and oxygen atoms in total. The van der Waals surface area contributed by atoms with Crippen LogP contribution in [0.25, 0.3) is 0 Å². The van der Waals surface area contributed by atoms with Crippen molar-refractivity contribution in [3.63, 3.8) is 0 Å². The maximum atomic E-state index is 12.1. The van der Waals surface area contributed by atoms with Gasteiger partial charge in [0.15, 0.2) is 9.84 Å². The smallest absolute Gasteiger partial charge is 0.304 e. The molecule has 0 bridgehead atoms. The molecule has 1 atom stereocenters. The van der Waals surface area contributed by atoms with Gasteiger partial charge in [0.2, 0.25) is 10.0 Å². The fourth-order valence-corrected chi connectivity index (χ4v) is 4.04. The van der Waals surface area contributed by atoms with Gasteiger partial charge in [0, 0.05) is 12.3 Å². The predicted octanol–water partition coefficient (Wildman–Crippen LogP) is 0.885. The van der Waals surface area contributed by atoms with Crippen molar-refractivity contribution >= 4 is 37.4 Å². The molecule has 0 aliphatic heterocycles. The highest BCUT2D eigenvalue weighted by Gasteiger charge is 2.23. The highest BCUT2D eigenvalue weighted by molar-refractivity contribution is 7.91. The summed E-state index contributed by atoms with van der Waals surface area (Å²) in [5, 5.41) is 8.46. The number of carbonyl (C=O) groups is 1. The predicted molar refractivity (Wildman–Crippen MR) is 76.6 cm³/mol. The van der Waals surface area contributed by atoms with Crippen molar-refractivity contribution < 1.29 is 26.7 Å². The molecule has 118 valence electrons. The number of hydrogen-bond donors (Lipinski definition) is 2. The van der Waals surface area contributed by atoms with Crippen molar-refractivity contribution in [2.75, 3.05) is 6.26 Å². The number of carboxylic acid groups (broad SMARTS) is 1. The Kier molecular flexibility index (Phi) is 5.37. The summed E-state index contributed by atoms with van der Waals surface area (Å²) in [6.07, 6.45) is 0.524. The van der Waals surface area contributed by atoms with E-state index in [0.29, 0.717) is 0 Å². The minimum Gasteiger partial charge on any atom is -0.481 e. The van der Waals surface area contributed by atoms with Crippen LogP contribution in [0.3, 0.4) is 0 Å². The Balaban J connectivity index is 3.22. The topological polar surface area (TPSA) is 118 Å². The van der Waals surface area contributed by atoms with Crippen LogP contribution in [0.5, 0.6) is 0 Å². The van der Waals surface area contributed by atoms with Crippen molar-refractivity contribution in [2.24, 2.45) is 0 Å². The first-order valence-electron chi connectivity index (χ1n) is 5.67. The molecule has 1 rings (SSSR count). The summed E-state index contributed by atoms with van der Waals surface area (Å²) >= 11 is 5.79. The monoisotopic (exact) mass is 355 g/mol. The second-order valence-electron chi connectivity index (χ2n) is 4.48. The van der Waals surface area contributed by atoms with Crippen LogP contribution >= 0.6 is 11.6 Å². The summed E-state index contributed by atoms with van der Waals surface area (Å²) in [6.45, 7) is 1.37. The van der Waals surface area contributed by atoms with Crippen LogP contribution in [0, 0.1) is 0 Å². The molecule has 0 aromatic heterocycles. The van der Waals surface area contributed by atoms with Crippen LogP contribution in [-0.2, 0) is 24.7 Å². The van der Waals surface area contributed by atoms with Crippen LogP contribution in [0.4, 0.5) is 0 Å². The highest BCUT2D eigenvalue weighted by Crippen LogP contribution is 2.25. The third-order valence-corrected chi connectivity index (χ3v) is 5.64. The van der Waals surface area contributed by atoms with Gasteiger partial charge in [0.05, 0.1) is 16.3 Å². The molecule has 0 aliphatic carbocycles. The van der Waals surface area contributed by atoms with E-state index in [0.717, 1.165) is 18.4 Å². The zero-order valence-corrected chi connectivity index (χ0v) is 13.6. The van der Waals surface area contributed by atoms with Gasteiger partial charge >= 0.3 is 5.97 Å². The van der Waals surface area contributed by atoms with Gasteiger partial charge in [0.25, 0.3) is 0 Å². The maximum Gasteiger partial charge on any atom is 0.304 e. The highest BCUT2D eigenvalue weighted by atomic mass is 35.5. The van der Waals surface area contributed by atoms with Gasteiger partial charge in [-0.3, -0.25) is 4.79 Å². The molecule has 0 radical (unpaired) electrons. The van der Waals surface area contributed by atoms with Crippen LogP contribution in [0.2, 0.25) is 5.02 Å². The van der Waals surface area contributed by atoms with Gasteiger partial charge in [-0.15, -0.1) is 0 Å². The quantitative estimate of drug-likeness (QED) is 0.782. The third-order valence-electron chi connectivity index (χ3n) is 2.46. The second-order valence-corrected chi connectivity index (χ2v) is 8.59. The van der Waals surface area contributed by atoms with E-state index in [1.807, 2.05) is 0 Å². The largest absolute Gasteiger partial charge is 0.481 e. The molecule has 0 spiro atoms. The molecule has 0 fully saturated rings. The fraction of sp³-hybridized carbons (Fsp3) is 0.364. The molecule has 0 saturated carbocycles. The molecule has 1 aromatic carbocycles. The lowest BCUT2D eigenvalue weighted by molar-refractivity contribution is -0.137. The fourth-order valence-electron chi connectivity index (χ4n) is 1.55. The summed E-state index contributed by atoms with van der Waals surface area (Å²) in [4.78, 5) is 9.94. The van der Waals surface area contributed by atoms with Crippen molar-refractivity contribution in [2.45, 2.75) is 29.2 Å². The van der Waals surface area contributed by atoms with E-state index in [4.69, 9.17) is 16.7 Å². The maximum absolute atomic E-state index is 12.1. The first-order chi connectivity index (χ1) is 9.43. The lowest BCUT2D eigenvalue weighted by atomic mass is 10.3. The second kappa shape index (κ2) is 6.30. The van der Waals surface area contributed by atoms with Gasteiger partial charge in [-0.05, 0) is 25.1 Å². The van der Waals surface area contributed by atoms with Crippen LogP contribution < -0.4 is 4.72 Å². The number of rotatable bonds is 6. The van der Waals surface area contributed by atoms with Gasteiger partial charge in [-0.2, -0.15) is 0 Å². The summed E-state index contributed by atoms with van der Waals surface area (Å²) in [5.74, 6) is -1.17. The lowest BCUT2D eigenvalue weighted by Gasteiger charge is -2.13. The van der Waals surface area contributed by atoms with E-state index >= 15 is 0 Å². The zero-order valence-electron chi connectivity index (χ0n) is 11.2.